The number of aromatic nitrogens is 2. The van der Waals surface area contributed by atoms with Crippen molar-refractivity contribution < 1.29 is 9.53 Å². The zero-order valence-corrected chi connectivity index (χ0v) is 7.73. The average Bonchev–Trinajstić information content (AvgIpc) is 2.55. The summed E-state index contributed by atoms with van der Waals surface area (Å²) >= 11 is 0. The van der Waals surface area contributed by atoms with Crippen molar-refractivity contribution in [3.05, 3.63) is 18.7 Å². The molecule has 5 nitrogen and oxygen atoms in total. The molecular weight excluding hydrogens is 170 g/mol. The first-order valence-corrected chi connectivity index (χ1v) is 4.02. The van der Waals surface area contributed by atoms with Crippen LogP contribution in [0.3, 0.4) is 0 Å². The number of amides is 1. The Morgan fingerprint density at radius 3 is 3.08 bits per heavy atom. The predicted molar refractivity (Wildman–Crippen MR) is 47.5 cm³/mol. The highest BCUT2D eigenvalue weighted by molar-refractivity contribution is 5.76. The number of hydrogen-bond acceptors (Lipinski definition) is 3. The highest BCUT2D eigenvalue weighted by atomic mass is 16.5. The van der Waals surface area contributed by atoms with Gasteiger partial charge in [0.25, 0.3) is 0 Å². The van der Waals surface area contributed by atoms with Crippen molar-refractivity contribution in [3.63, 3.8) is 0 Å². The van der Waals surface area contributed by atoms with Crippen LogP contribution in [0.4, 0.5) is 4.79 Å². The van der Waals surface area contributed by atoms with E-state index in [9.17, 15) is 4.79 Å². The predicted octanol–water partition coefficient (Wildman–Crippen LogP) is 0.476. The lowest BCUT2D eigenvalue weighted by Gasteiger charge is -2.12. The largest absolute Gasteiger partial charge is 0.383 e. The maximum absolute atomic E-state index is 11.3. The quantitative estimate of drug-likeness (QED) is 0.741. The molecule has 0 spiro atoms. The van der Waals surface area contributed by atoms with E-state index in [1.807, 2.05) is 6.92 Å². The number of imidazole rings is 1. The summed E-state index contributed by atoms with van der Waals surface area (Å²) in [6, 6.07) is -0.193. The van der Waals surface area contributed by atoms with E-state index >= 15 is 0 Å². The van der Waals surface area contributed by atoms with E-state index in [0.29, 0.717) is 6.61 Å². The van der Waals surface area contributed by atoms with Crippen molar-refractivity contribution in [2.45, 2.75) is 13.0 Å². The van der Waals surface area contributed by atoms with Crippen LogP contribution in [0.2, 0.25) is 0 Å². The van der Waals surface area contributed by atoms with E-state index in [4.69, 9.17) is 4.74 Å². The summed E-state index contributed by atoms with van der Waals surface area (Å²) in [5.74, 6) is 0. The van der Waals surface area contributed by atoms with Crippen LogP contribution in [-0.4, -0.2) is 35.3 Å². The van der Waals surface area contributed by atoms with Crippen LogP contribution in [-0.2, 0) is 4.74 Å². The molecule has 0 aliphatic rings. The molecule has 72 valence electrons. The minimum atomic E-state index is -0.193. The molecule has 0 radical (unpaired) electrons. The molecule has 0 aliphatic carbocycles. The molecule has 1 rings (SSSR count). The highest BCUT2D eigenvalue weighted by Crippen LogP contribution is 1.88. The van der Waals surface area contributed by atoms with Crippen LogP contribution >= 0.6 is 0 Å². The summed E-state index contributed by atoms with van der Waals surface area (Å²) in [5.41, 5.74) is 0. The first-order valence-electron chi connectivity index (χ1n) is 4.02. The molecule has 0 saturated heterocycles. The minimum absolute atomic E-state index is 0.0000926. The summed E-state index contributed by atoms with van der Waals surface area (Å²) in [5, 5.41) is 2.74. The molecule has 1 amide bonds. The number of carbonyl (C=O) groups excluding carboxylic acids is 1. The van der Waals surface area contributed by atoms with Gasteiger partial charge >= 0.3 is 6.03 Å². The van der Waals surface area contributed by atoms with Crippen molar-refractivity contribution in [2.24, 2.45) is 0 Å². The summed E-state index contributed by atoms with van der Waals surface area (Å²) < 4.78 is 6.26. The van der Waals surface area contributed by atoms with Crippen LogP contribution in [0.25, 0.3) is 0 Å². The fourth-order valence-corrected chi connectivity index (χ4v) is 0.956. The molecule has 1 heterocycles. The van der Waals surface area contributed by atoms with Gasteiger partial charge in [-0.05, 0) is 6.92 Å². The van der Waals surface area contributed by atoms with Gasteiger partial charge in [-0.1, -0.05) is 0 Å². The molecule has 0 bridgehead atoms. The summed E-state index contributed by atoms with van der Waals surface area (Å²) in [6.07, 6.45) is 4.60. The van der Waals surface area contributed by atoms with E-state index in [1.54, 1.807) is 19.5 Å². The summed E-state index contributed by atoms with van der Waals surface area (Å²) in [7, 11) is 1.60. The first-order chi connectivity index (χ1) is 6.24. The molecular formula is C8H13N3O2. The normalized spacial score (nSPS) is 12.5. The van der Waals surface area contributed by atoms with Crippen LogP contribution in [0.5, 0.6) is 0 Å². The van der Waals surface area contributed by atoms with Gasteiger partial charge in [0, 0.05) is 19.5 Å². The van der Waals surface area contributed by atoms with Crippen molar-refractivity contribution in [3.8, 4) is 0 Å². The van der Waals surface area contributed by atoms with Crippen LogP contribution in [0.1, 0.15) is 6.92 Å². The van der Waals surface area contributed by atoms with E-state index in [2.05, 4.69) is 10.3 Å². The number of ether oxygens (including phenoxy) is 1. The third kappa shape index (κ3) is 2.87. The smallest absolute Gasteiger partial charge is 0.327 e. The SMILES string of the molecule is COC[C@@H](C)NC(=O)n1ccnc1. The molecule has 13 heavy (non-hydrogen) atoms. The van der Waals surface area contributed by atoms with Crippen molar-refractivity contribution in [1.82, 2.24) is 14.9 Å². The fraction of sp³-hybridized carbons (Fsp3) is 0.500. The Morgan fingerprint density at radius 2 is 2.54 bits per heavy atom. The lowest BCUT2D eigenvalue weighted by atomic mass is 10.4. The average molecular weight is 183 g/mol. The number of nitrogens with one attached hydrogen (secondary N) is 1. The standard InChI is InChI=1S/C8H13N3O2/c1-7(5-13-2)10-8(12)11-4-3-9-6-11/h3-4,6-7H,5H2,1-2H3,(H,10,12)/t7-/m1/s1. The molecule has 1 aromatic rings. The Balaban J connectivity index is 2.42. The van der Waals surface area contributed by atoms with Crippen LogP contribution in [0.15, 0.2) is 18.7 Å². The first kappa shape index (κ1) is 9.73. The Labute approximate surface area is 76.7 Å². The van der Waals surface area contributed by atoms with Gasteiger partial charge in [0.15, 0.2) is 0 Å². The topological polar surface area (TPSA) is 56.1 Å². The maximum Gasteiger partial charge on any atom is 0.327 e. The Kier molecular flexibility index (Phi) is 3.45. The third-order valence-corrected chi connectivity index (χ3v) is 1.53. The third-order valence-electron chi connectivity index (χ3n) is 1.53. The monoisotopic (exact) mass is 183 g/mol. The van der Waals surface area contributed by atoms with Gasteiger partial charge in [-0.2, -0.15) is 0 Å². The molecule has 0 fully saturated rings. The Bertz CT molecular complexity index is 258. The van der Waals surface area contributed by atoms with Crippen LogP contribution < -0.4 is 5.32 Å². The zero-order valence-electron chi connectivity index (χ0n) is 7.73. The van der Waals surface area contributed by atoms with Crippen LogP contribution in [0, 0.1) is 0 Å². The molecule has 1 N–H and O–H groups in total. The van der Waals surface area contributed by atoms with Gasteiger partial charge in [0.2, 0.25) is 0 Å². The molecule has 1 aromatic heterocycles. The number of methoxy groups -OCH3 is 1. The van der Waals surface area contributed by atoms with Gasteiger partial charge < -0.3 is 10.1 Å². The number of carbonyl (C=O) groups is 1. The van der Waals surface area contributed by atoms with Gasteiger partial charge in [0.05, 0.1) is 12.6 Å². The molecule has 0 aromatic carbocycles. The van der Waals surface area contributed by atoms with Crippen molar-refractivity contribution in [1.29, 1.82) is 0 Å². The van der Waals surface area contributed by atoms with Gasteiger partial charge in [0.1, 0.15) is 6.33 Å². The van der Waals surface area contributed by atoms with E-state index < -0.39 is 0 Å². The highest BCUT2D eigenvalue weighted by Gasteiger charge is 2.07. The van der Waals surface area contributed by atoms with Gasteiger partial charge in [-0.15, -0.1) is 0 Å². The second-order valence-corrected chi connectivity index (χ2v) is 2.78. The fourth-order valence-electron chi connectivity index (χ4n) is 0.956. The zero-order chi connectivity index (χ0) is 9.68. The second-order valence-electron chi connectivity index (χ2n) is 2.78. The van der Waals surface area contributed by atoms with E-state index in [1.165, 1.54) is 10.9 Å². The van der Waals surface area contributed by atoms with Gasteiger partial charge in [-0.3, -0.25) is 4.57 Å². The number of rotatable bonds is 3. The number of nitrogens with zero attached hydrogens (tertiary/aromatic N) is 2. The molecule has 0 aliphatic heterocycles. The molecule has 0 saturated carbocycles. The lowest BCUT2D eigenvalue weighted by Crippen LogP contribution is -2.37. The number of hydrogen-bond donors (Lipinski definition) is 1. The molecule has 1 atom stereocenters. The summed E-state index contributed by atoms with van der Waals surface area (Å²) in [4.78, 5) is 15.1. The maximum atomic E-state index is 11.3. The second kappa shape index (κ2) is 4.61. The molecule has 5 heteroatoms. The van der Waals surface area contributed by atoms with Crippen molar-refractivity contribution in [2.75, 3.05) is 13.7 Å². The molecule has 0 unspecified atom stereocenters. The summed E-state index contributed by atoms with van der Waals surface area (Å²) in [6.45, 7) is 2.37. The Hall–Kier alpha value is -1.36. The van der Waals surface area contributed by atoms with Crippen molar-refractivity contribution >= 4 is 6.03 Å². The van der Waals surface area contributed by atoms with Gasteiger partial charge in [-0.25, -0.2) is 9.78 Å². The minimum Gasteiger partial charge on any atom is -0.383 e. The lowest BCUT2D eigenvalue weighted by molar-refractivity contribution is 0.171. The van der Waals surface area contributed by atoms with E-state index in [-0.39, 0.29) is 12.1 Å². The van der Waals surface area contributed by atoms with E-state index in [0.717, 1.165) is 0 Å². The Morgan fingerprint density at radius 1 is 1.77 bits per heavy atom.